The molecule has 0 atom stereocenters. The van der Waals surface area contributed by atoms with E-state index in [1.54, 1.807) is 30.0 Å². The third kappa shape index (κ3) is 4.75. The van der Waals surface area contributed by atoms with Gasteiger partial charge in [-0.25, -0.2) is 9.67 Å². The van der Waals surface area contributed by atoms with Crippen LogP contribution in [0, 0.1) is 0 Å². The number of pyridine rings is 1. The first-order valence-electron chi connectivity index (χ1n) is 11.5. The lowest BCUT2D eigenvalue weighted by molar-refractivity contribution is -0.132. The number of methoxy groups -OCH3 is 1. The van der Waals surface area contributed by atoms with Gasteiger partial charge in [-0.1, -0.05) is 13.0 Å². The van der Waals surface area contributed by atoms with Crippen LogP contribution in [0.2, 0.25) is 0 Å². The molecule has 0 saturated heterocycles. The Morgan fingerprint density at radius 3 is 2.76 bits per heavy atom. The number of anilines is 1. The Balaban J connectivity index is 1.58. The lowest BCUT2D eigenvalue weighted by Crippen LogP contribution is -2.36. The molecule has 2 amide bonds. The minimum absolute atomic E-state index is 0.0635. The smallest absolute Gasteiger partial charge is 0.260 e. The van der Waals surface area contributed by atoms with Crippen LogP contribution in [0.4, 0.5) is 5.82 Å². The minimum Gasteiger partial charge on any atom is -0.496 e. The number of tetrazole rings is 1. The Bertz CT molecular complexity index is 1210. The van der Waals surface area contributed by atoms with Crippen molar-refractivity contribution < 1.29 is 14.3 Å². The highest BCUT2D eigenvalue weighted by molar-refractivity contribution is 6.06. The number of aromatic nitrogens is 5. The molecule has 10 heteroatoms. The van der Waals surface area contributed by atoms with Crippen LogP contribution in [0.15, 0.2) is 30.3 Å². The average Bonchev–Trinajstić information content (AvgIpc) is 3.33. The molecule has 0 fully saturated rings. The van der Waals surface area contributed by atoms with Crippen LogP contribution in [0.3, 0.4) is 0 Å². The summed E-state index contributed by atoms with van der Waals surface area (Å²) in [5.41, 5.74) is 3.00. The fraction of sp³-hybridized carbons (Fsp3) is 0.417. The van der Waals surface area contributed by atoms with Crippen molar-refractivity contribution in [3.05, 3.63) is 47.0 Å². The quantitative estimate of drug-likeness (QED) is 0.572. The zero-order valence-electron chi connectivity index (χ0n) is 19.9. The first kappa shape index (κ1) is 23.3. The molecule has 3 heterocycles. The molecule has 1 aromatic carbocycles. The molecule has 2 aromatic heterocycles. The van der Waals surface area contributed by atoms with Crippen molar-refractivity contribution in [2.45, 2.75) is 52.6 Å². The average molecular weight is 464 g/mol. The van der Waals surface area contributed by atoms with Crippen molar-refractivity contribution in [2.24, 2.45) is 0 Å². The topological polar surface area (TPSA) is 115 Å². The van der Waals surface area contributed by atoms with Gasteiger partial charge in [0, 0.05) is 19.5 Å². The first-order valence-corrected chi connectivity index (χ1v) is 11.5. The standard InChI is InChI=1S/C24H29N7O3/c1-5-7-22(32)30-11-10-16-13-20(34-4)18(12-17(16)14-30)24(33)26-21-9-6-8-19(25-21)23-27-28-29-31(23)15(2)3/h6,8-9,12-13,15H,5,7,10-11,14H2,1-4H3,(H,25,26,33). The van der Waals surface area contributed by atoms with Crippen molar-refractivity contribution in [1.82, 2.24) is 30.1 Å². The maximum Gasteiger partial charge on any atom is 0.260 e. The van der Waals surface area contributed by atoms with Crippen LogP contribution in [-0.4, -0.2) is 55.6 Å². The molecule has 0 unspecified atom stereocenters. The third-order valence-electron chi connectivity index (χ3n) is 5.80. The molecule has 0 saturated carbocycles. The number of amides is 2. The Kier molecular flexibility index (Phi) is 6.85. The van der Waals surface area contributed by atoms with Gasteiger partial charge in [0.2, 0.25) is 11.7 Å². The molecule has 10 nitrogen and oxygen atoms in total. The maximum atomic E-state index is 13.2. The fourth-order valence-corrected chi connectivity index (χ4v) is 4.04. The lowest BCUT2D eigenvalue weighted by atomic mass is 9.96. The van der Waals surface area contributed by atoms with Gasteiger partial charge in [0.15, 0.2) is 0 Å². The largest absolute Gasteiger partial charge is 0.496 e. The van der Waals surface area contributed by atoms with E-state index in [1.807, 2.05) is 37.8 Å². The van der Waals surface area contributed by atoms with E-state index >= 15 is 0 Å². The van der Waals surface area contributed by atoms with Gasteiger partial charge >= 0.3 is 0 Å². The van der Waals surface area contributed by atoms with Gasteiger partial charge in [-0.3, -0.25) is 9.59 Å². The Morgan fingerprint density at radius 1 is 1.21 bits per heavy atom. The van der Waals surface area contributed by atoms with Crippen LogP contribution in [-0.2, 0) is 17.8 Å². The van der Waals surface area contributed by atoms with Gasteiger partial charge in [-0.05, 0) is 72.5 Å². The van der Waals surface area contributed by atoms with E-state index in [9.17, 15) is 9.59 Å². The summed E-state index contributed by atoms with van der Waals surface area (Å²) in [6.07, 6.45) is 2.08. The van der Waals surface area contributed by atoms with E-state index in [-0.39, 0.29) is 17.9 Å². The minimum atomic E-state index is -0.343. The Labute approximate surface area is 198 Å². The van der Waals surface area contributed by atoms with Crippen LogP contribution < -0.4 is 10.1 Å². The van der Waals surface area contributed by atoms with E-state index < -0.39 is 0 Å². The number of fused-ring (bicyclic) bond motifs is 1. The van der Waals surface area contributed by atoms with Crippen LogP contribution in [0.5, 0.6) is 5.75 Å². The summed E-state index contributed by atoms with van der Waals surface area (Å²) in [4.78, 5) is 32.0. The number of carbonyl (C=O) groups is 2. The Morgan fingerprint density at radius 2 is 2.03 bits per heavy atom. The van der Waals surface area contributed by atoms with Gasteiger partial charge in [-0.15, -0.1) is 5.10 Å². The zero-order chi connectivity index (χ0) is 24.2. The molecule has 34 heavy (non-hydrogen) atoms. The van der Waals surface area contributed by atoms with Gasteiger partial charge in [0.05, 0.1) is 18.7 Å². The number of hydrogen-bond donors (Lipinski definition) is 1. The second-order valence-corrected chi connectivity index (χ2v) is 8.54. The molecule has 4 rings (SSSR count). The predicted molar refractivity (Wildman–Crippen MR) is 126 cm³/mol. The number of rotatable bonds is 7. The van der Waals surface area contributed by atoms with E-state index in [1.165, 1.54) is 0 Å². The second kappa shape index (κ2) is 9.98. The number of nitrogens with zero attached hydrogens (tertiary/aromatic N) is 6. The third-order valence-corrected chi connectivity index (χ3v) is 5.80. The first-order chi connectivity index (χ1) is 16.4. The molecular weight excluding hydrogens is 434 g/mol. The van der Waals surface area contributed by atoms with Gasteiger partial charge in [-0.2, -0.15) is 0 Å². The lowest BCUT2D eigenvalue weighted by Gasteiger charge is -2.29. The van der Waals surface area contributed by atoms with Crippen molar-refractivity contribution in [1.29, 1.82) is 0 Å². The van der Waals surface area contributed by atoms with Crippen LogP contribution in [0.1, 0.15) is 61.1 Å². The van der Waals surface area contributed by atoms with Gasteiger partial charge in [0.25, 0.3) is 5.91 Å². The summed E-state index contributed by atoms with van der Waals surface area (Å²) in [6.45, 7) is 7.11. The van der Waals surface area contributed by atoms with Gasteiger partial charge in [0.1, 0.15) is 17.3 Å². The summed E-state index contributed by atoms with van der Waals surface area (Å²) in [5, 5.41) is 14.7. The number of benzene rings is 1. The molecule has 0 radical (unpaired) electrons. The predicted octanol–water partition coefficient (Wildman–Crippen LogP) is 3.26. The number of carbonyl (C=O) groups excluding carboxylic acids is 2. The van der Waals surface area contributed by atoms with E-state index in [0.717, 1.165) is 24.0 Å². The summed E-state index contributed by atoms with van der Waals surface area (Å²) in [7, 11) is 1.54. The fourth-order valence-electron chi connectivity index (χ4n) is 4.04. The molecule has 1 aliphatic rings. The SMILES string of the molecule is CCCC(=O)N1CCc2cc(OC)c(C(=O)Nc3cccc(-c4nnnn4C(C)C)n3)cc2C1. The van der Waals surface area contributed by atoms with E-state index in [4.69, 9.17) is 4.74 Å². The molecular formula is C24H29N7O3. The highest BCUT2D eigenvalue weighted by Crippen LogP contribution is 2.29. The maximum absolute atomic E-state index is 13.2. The summed E-state index contributed by atoms with van der Waals surface area (Å²) in [5.74, 6) is 1.18. The molecule has 1 aliphatic heterocycles. The zero-order valence-corrected chi connectivity index (χ0v) is 19.9. The van der Waals surface area contributed by atoms with E-state index in [0.29, 0.717) is 48.2 Å². The second-order valence-electron chi connectivity index (χ2n) is 8.54. The molecule has 1 N–H and O–H groups in total. The molecule has 3 aromatic rings. The number of nitrogens with one attached hydrogen (secondary N) is 1. The van der Waals surface area contributed by atoms with E-state index in [2.05, 4.69) is 25.8 Å². The van der Waals surface area contributed by atoms with Crippen molar-refractivity contribution in [2.75, 3.05) is 19.0 Å². The van der Waals surface area contributed by atoms with Crippen LogP contribution >= 0.6 is 0 Å². The molecule has 0 bridgehead atoms. The van der Waals surface area contributed by atoms with Crippen molar-refractivity contribution in [3.63, 3.8) is 0 Å². The van der Waals surface area contributed by atoms with Crippen LogP contribution in [0.25, 0.3) is 11.5 Å². The summed E-state index contributed by atoms with van der Waals surface area (Å²) >= 11 is 0. The Hall–Kier alpha value is -3.82. The molecule has 178 valence electrons. The normalized spacial score (nSPS) is 13.0. The highest BCUT2D eigenvalue weighted by atomic mass is 16.5. The van der Waals surface area contributed by atoms with Crippen molar-refractivity contribution in [3.8, 4) is 17.3 Å². The monoisotopic (exact) mass is 463 g/mol. The summed E-state index contributed by atoms with van der Waals surface area (Å²) < 4.78 is 7.19. The molecule has 0 aliphatic carbocycles. The number of ether oxygens (including phenoxy) is 1. The number of hydrogen-bond acceptors (Lipinski definition) is 7. The van der Waals surface area contributed by atoms with Crippen molar-refractivity contribution >= 4 is 17.6 Å². The summed E-state index contributed by atoms with van der Waals surface area (Å²) in [6, 6.07) is 9.07. The van der Waals surface area contributed by atoms with Gasteiger partial charge < -0.3 is 15.0 Å². The molecule has 0 spiro atoms. The highest BCUT2D eigenvalue weighted by Gasteiger charge is 2.24.